The fourth-order valence-electron chi connectivity index (χ4n) is 3.80. The van der Waals surface area contributed by atoms with Gasteiger partial charge in [-0.15, -0.1) is 0 Å². The maximum atomic E-state index is 12.4. The molecular formula is C22H26N2O5. The molecule has 1 saturated heterocycles. The molecule has 1 aromatic carbocycles. The molecule has 4 rings (SSSR count). The molecule has 1 aromatic heterocycles. The van der Waals surface area contributed by atoms with Crippen molar-refractivity contribution in [2.75, 3.05) is 32.8 Å². The maximum Gasteiger partial charge on any atom is 0.287 e. The first-order valence-corrected chi connectivity index (χ1v) is 10.1. The molecule has 0 radical (unpaired) electrons. The molecule has 7 nitrogen and oxygen atoms in total. The molecule has 0 saturated carbocycles. The maximum absolute atomic E-state index is 12.4. The second kappa shape index (κ2) is 9.13. The van der Waals surface area contributed by atoms with Gasteiger partial charge in [0, 0.05) is 6.54 Å². The third kappa shape index (κ3) is 4.98. The number of hydrogen-bond donors (Lipinski definition) is 1. The van der Waals surface area contributed by atoms with Crippen molar-refractivity contribution in [2.24, 2.45) is 0 Å². The number of nitrogens with zero attached hydrogens (tertiary/aromatic N) is 1. The van der Waals surface area contributed by atoms with Crippen LogP contribution in [0.1, 0.15) is 34.5 Å². The molecule has 1 aliphatic heterocycles. The minimum atomic E-state index is -0.399. The zero-order valence-corrected chi connectivity index (χ0v) is 16.4. The molecule has 7 heteroatoms. The van der Waals surface area contributed by atoms with Gasteiger partial charge in [-0.3, -0.25) is 9.59 Å². The summed E-state index contributed by atoms with van der Waals surface area (Å²) in [6.45, 7) is 1.72. The minimum absolute atomic E-state index is 0.0715. The highest BCUT2D eigenvalue weighted by atomic mass is 16.5. The quantitative estimate of drug-likeness (QED) is 0.807. The average molecular weight is 398 g/mol. The van der Waals surface area contributed by atoms with Crippen LogP contribution in [0.4, 0.5) is 0 Å². The number of hydrogen-bond acceptors (Lipinski definition) is 5. The van der Waals surface area contributed by atoms with Crippen LogP contribution in [0.3, 0.4) is 0 Å². The Kier molecular flexibility index (Phi) is 6.14. The summed E-state index contributed by atoms with van der Waals surface area (Å²) in [6.07, 6.45) is 5.98. The smallest absolute Gasteiger partial charge is 0.287 e. The first-order valence-electron chi connectivity index (χ1n) is 10.1. The van der Waals surface area contributed by atoms with Gasteiger partial charge in [0.05, 0.1) is 26.0 Å². The molecule has 1 N–H and O–H groups in total. The van der Waals surface area contributed by atoms with Crippen LogP contribution < -0.4 is 10.1 Å². The molecule has 0 bridgehead atoms. The number of carbonyl (C=O) groups excluding carboxylic acids is 2. The number of benzene rings is 1. The number of furan rings is 1. The lowest BCUT2D eigenvalue weighted by molar-refractivity contribution is -0.138. The first-order chi connectivity index (χ1) is 14.2. The van der Waals surface area contributed by atoms with Gasteiger partial charge in [0.1, 0.15) is 18.5 Å². The van der Waals surface area contributed by atoms with E-state index < -0.39 is 5.91 Å². The Balaban J connectivity index is 1.25. The summed E-state index contributed by atoms with van der Waals surface area (Å²) in [7, 11) is 0. The van der Waals surface area contributed by atoms with Crippen LogP contribution in [0.5, 0.6) is 5.75 Å². The number of nitrogens with one attached hydrogen (secondary N) is 1. The van der Waals surface area contributed by atoms with Crippen LogP contribution in [0.2, 0.25) is 0 Å². The summed E-state index contributed by atoms with van der Waals surface area (Å²) >= 11 is 0. The van der Waals surface area contributed by atoms with Crippen LogP contribution in [0.25, 0.3) is 0 Å². The van der Waals surface area contributed by atoms with Crippen LogP contribution in [0, 0.1) is 0 Å². The van der Waals surface area contributed by atoms with Gasteiger partial charge >= 0.3 is 0 Å². The molecule has 0 spiro atoms. The number of aryl methyl sites for hydroxylation is 2. The van der Waals surface area contributed by atoms with Crippen molar-refractivity contribution in [3.63, 3.8) is 0 Å². The van der Waals surface area contributed by atoms with Crippen molar-refractivity contribution < 1.29 is 23.5 Å². The highest BCUT2D eigenvalue weighted by molar-refractivity contribution is 5.94. The van der Waals surface area contributed by atoms with Crippen molar-refractivity contribution in [3.05, 3.63) is 53.5 Å². The topological polar surface area (TPSA) is 81.0 Å². The fourth-order valence-corrected chi connectivity index (χ4v) is 3.80. The number of carbonyl (C=O) groups is 2. The predicted molar refractivity (Wildman–Crippen MR) is 106 cm³/mol. The van der Waals surface area contributed by atoms with Crippen LogP contribution in [-0.2, 0) is 22.4 Å². The Morgan fingerprint density at radius 2 is 2.03 bits per heavy atom. The van der Waals surface area contributed by atoms with Gasteiger partial charge in [-0.25, -0.2) is 0 Å². The normalized spacial score (nSPS) is 18.8. The number of ether oxygens (including phenoxy) is 2. The van der Waals surface area contributed by atoms with Crippen molar-refractivity contribution in [1.29, 1.82) is 0 Å². The van der Waals surface area contributed by atoms with Crippen molar-refractivity contribution in [2.45, 2.75) is 31.8 Å². The Labute approximate surface area is 170 Å². The number of morpholine rings is 1. The lowest BCUT2D eigenvalue weighted by atomic mass is 9.92. The van der Waals surface area contributed by atoms with E-state index in [1.165, 1.54) is 30.2 Å². The van der Waals surface area contributed by atoms with E-state index in [1.807, 2.05) is 6.07 Å². The second-order valence-electron chi connectivity index (χ2n) is 7.44. The van der Waals surface area contributed by atoms with Gasteiger partial charge in [-0.1, -0.05) is 6.07 Å². The molecule has 2 aliphatic rings. The Morgan fingerprint density at radius 3 is 2.86 bits per heavy atom. The minimum Gasteiger partial charge on any atom is -0.491 e. The van der Waals surface area contributed by atoms with Gasteiger partial charge in [0.2, 0.25) is 5.91 Å². The Morgan fingerprint density at radius 1 is 1.17 bits per heavy atom. The molecule has 1 atom stereocenters. The SMILES string of the molecule is O=C(NCC(=O)N1CCOC(COc2ccc3c(c2)CCCC3)C1)c1ccco1. The zero-order valence-electron chi connectivity index (χ0n) is 16.4. The standard InChI is InChI=1S/C22H26N2O5/c25-21(13-23-22(26)20-6-3-10-28-20)24-9-11-27-19(14-24)15-29-18-8-7-16-4-1-2-5-17(16)12-18/h3,6-8,10,12,19H,1-2,4-5,9,11,13-15H2,(H,23,26). The summed E-state index contributed by atoms with van der Waals surface area (Å²) in [5.74, 6) is 0.496. The van der Waals surface area contributed by atoms with E-state index in [2.05, 4.69) is 17.4 Å². The van der Waals surface area contributed by atoms with Gasteiger partial charge in [-0.05, 0) is 61.1 Å². The fraction of sp³-hybridized carbons (Fsp3) is 0.455. The van der Waals surface area contributed by atoms with Gasteiger partial charge in [-0.2, -0.15) is 0 Å². The molecule has 2 heterocycles. The molecule has 1 aliphatic carbocycles. The van der Waals surface area contributed by atoms with E-state index >= 15 is 0 Å². The molecule has 2 amide bonds. The summed E-state index contributed by atoms with van der Waals surface area (Å²) in [4.78, 5) is 26.0. The highest BCUT2D eigenvalue weighted by Gasteiger charge is 2.25. The van der Waals surface area contributed by atoms with E-state index in [1.54, 1.807) is 17.0 Å². The number of rotatable bonds is 6. The van der Waals surface area contributed by atoms with Crippen LogP contribution >= 0.6 is 0 Å². The molecule has 1 unspecified atom stereocenters. The summed E-state index contributed by atoms with van der Waals surface area (Å²) in [5, 5.41) is 2.59. The first kappa shape index (κ1) is 19.5. The van der Waals surface area contributed by atoms with Crippen LogP contribution in [-0.4, -0.2) is 55.7 Å². The third-order valence-corrected chi connectivity index (χ3v) is 5.39. The number of fused-ring (bicyclic) bond motifs is 1. The summed E-state index contributed by atoms with van der Waals surface area (Å²) < 4.78 is 16.7. The lowest BCUT2D eigenvalue weighted by Crippen LogP contribution is -2.50. The van der Waals surface area contributed by atoms with Crippen molar-refractivity contribution in [3.8, 4) is 5.75 Å². The third-order valence-electron chi connectivity index (χ3n) is 5.39. The van der Waals surface area contributed by atoms with E-state index in [-0.39, 0.29) is 24.3 Å². The van der Waals surface area contributed by atoms with E-state index in [0.717, 1.165) is 18.6 Å². The second-order valence-corrected chi connectivity index (χ2v) is 7.44. The summed E-state index contributed by atoms with van der Waals surface area (Å²) in [5.41, 5.74) is 2.80. The van der Waals surface area contributed by atoms with Gasteiger partial charge in [0.15, 0.2) is 5.76 Å². The largest absolute Gasteiger partial charge is 0.491 e. The highest BCUT2D eigenvalue weighted by Crippen LogP contribution is 2.25. The monoisotopic (exact) mass is 398 g/mol. The van der Waals surface area contributed by atoms with E-state index in [9.17, 15) is 9.59 Å². The molecule has 29 heavy (non-hydrogen) atoms. The van der Waals surface area contributed by atoms with Crippen molar-refractivity contribution >= 4 is 11.8 Å². The van der Waals surface area contributed by atoms with Crippen LogP contribution in [0.15, 0.2) is 41.0 Å². The molecule has 154 valence electrons. The average Bonchev–Trinajstić information content (AvgIpc) is 3.31. The van der Waals surface area contributed by atoms with E-state index in [0.29, 0.717) is 26.3 Å². The zero-order chi connectivity index (χ0) is 20.1. The Bertz CT molecular complexity index is 849. The van der Waals surface area contributed by atoms with Gasteiger partial charge < -0.3 is 24.1 Å². The molecule has 1 fully saturated rings. The van der Waals surface area contributed by atoms with Crippen molar-refractivity contribution in [1.82, 2.24) is 10.2 Å². The summed E-state index contributed by atoms with van der Waals surface area (Å²) in [6, 6.07) is 9.49. The molecule has 2 aromatic rings. The Hall–Kier alpha value is -2.80. The predicted octanol–water partition coefficient (Wildman–Crippen LogP) is 2.19. The lowest BCUT2D eigenvalue weighted by Gasteiger charge is -2.33. The van der Waals surface area contributed by atoms with E-state index in [4.69, 9.17) is 13.9 Å². The molecular weight excluding hydrogens is 372 g/mol. The van der Waals surface area contributed by atoms with Gasteiger partial charge in [0.25, 0.3) is 5.91 Å². The number of amides is 2.